The van der Waals surface area contributed by atoms with Crippen LogP contribution >= 0.6 is 22.9 Å². The third kappa shape index (κ3) is 3.99. The van der Waals surface area contributed by atoms with Gasteiger partial charge in [-0.3, -0.25) is 0 Å². The van der Waals surface area contributed by atoms with Crippen molar-refractivity contribution >= 4 is 22.9 Å². The van der Waals surface area contributed by atoms with Crippen LogP contribution in [0, 0.1) is 16.8 Å². The molecule has 2 aromatic carbocycles. The molecule has 25 heavy (non-hydrogen) atoms. The Morgan fingerprint density at radius 3 is 2.24 bits per heavy atom. The molecule has 6 heteroatoms. The van der Waals surface area contributed by atoms with E-state index in [2.05, 4.69) is 0 Å². The molecule has 3 aromatic rings. The molecule has 0 unspecified atom stereocenters. The molecule has 0 N–H and O–H groups in total. The average molecular weight is 383 g/mol. The van der Waals surface area contributed by atoms with Gasteiger partial charge in [0.25, 0.3) is 0 Å². The topological polar surface area (TPSA) is 9.23 Å². The van der Waals surface area contributed by atoms with Crippen molar-refractivity contribution < 1.29 is 17.9 Å². The van der Waals surface area contributed by atoms with Gasteiger partial charge in [0, 0.05) is 10.6 Å². The molecule has 1 nitrogen and oxygen atoms in total. The van der Waals surface area contributed by atoms with Gasteiger partial charge >= 0.3 is 0 Å². The first-order valence-electron chi connectivity index (χ1n) is 7.62. The Morgan fingerprint density at radius 2 is 1.64 bits per heavy atom. The van der Waals surface area contributed by atoms with E-state index >= 15 is 0 Å². The van der Waals surface area contributed by atoms with Crippen molar-refractivity contribution in [1.29, 1.82) is 0 Å². The summed E-state index contributed by atoms with van der Waals surface area (Å²) in [6.07, 6.45) is 0.519. The van der Waals surface area contributed by atoms with Gasteiger partial charge in [0.15, 0.2) is 22.5 Å². The Balaban J connectivity index is 1.86. The summed E-state index contributed by atoms with van der Waals surface area (Å²) in [6, 6.07) is 10.8. The third-order valence-corrected chi connectivity index (χ3v) is 4.90. The number of aryl methyl sites for hydroxylation is 1. The first-order chi connectivity index (χ1) is 12.0. The van der Waals surface area contributed by atoms with Gasteiger partial charge in [0.05, 0.1) is 4.88 Å². The van der Waals surface area contributed by atoms with E-state index in [0.717, 1.165) is 16.9 Å². The fourth-order valence-electron chi connectivity index (χ4n) is 2.47. The van der Waals surface area contributed by atoms with Crippen molar-refractivity contribution in [2.45, 2.75) is 20.0 Å². The maximum Gasteiger partial charge on any atom is 0.191 e. The van der Waals surface area contributed by atoms with Crippen LogP contribution in [0.15, 0.2) is 42.5 Å². The Morgan fingerprint density at radius 1 is 1.00 bits per heavy atom. The molecular weight excluding hydrogens is 369 g/mol. The summed E-state index contributed by atoms with van der Waals surface area (Å²) in [6.45, 7) is 1.67. The molecule has 0 saturated heterocycles. The normalized spacial score (nSPS) is 10.9. The highest BCUT2D eigenvalue weighted by Crippen LogP contribution is 2.33. The summed E-state index contributed by atoms with van der Waals surface area (Å²) in [7, 11) is 0. The van der Waals surface area contributed by atoms with Gasteiger partial charge in [-0.1, -0.05) is 30.7 Å². The minimum atomic E-state index is -0.762. The van der Waals surface area contributed by atoms with E-state index in [0.29, 0.717) is 27.4 Å². The molecular formula is C19H14ClF3OS. The fourth-order valence-corrected chi connectivity index (χ4v) is 3.41. The second kappa shape index (κ2) is 7.50. The van der Waals surface area contributed by atoms with E-state index in [1.165, 1.54) is 18.2 Å². The highest BCUT2D eigenvalue weighted by molar-refractivity contribution is 7.10. The molecule has 0 atom stereocenters. The van der Waals surface area contributed by atoms with Gasteiger partial charge in [-0.15, -0.1) is 11.3 Å². The molecule has 0 bridgehead atoms. The summed E-state index contributed by atoms with van der Waals surface area (Å²) in [4.78, 5) is 0.540. The van der Waals surface area contributed by atoms with Crippen LogP contribution in [-0.4, -0.2) is 0 Å². The zero-order valence-electron chi connectivity index (χ0n) is 13.3. The summed E-state index contributed by atoms with van der Waals surface area (Å²) in [5.41, 5.74) is 1.92. The highest BCUT2D eigenvalue weighted by atomic mass is 35.5. The molecule has 130 valence electrons. The lowest BCUT2D eigenvalue weighted by Gasteiger charge is -2.10. The lowest BCUT2D eigenvalue weighted by atomic mass is 10.1. The van der Waals surface area contributed by atoms with Crippen molar-refractivity contribution in [2.75, 3.05) is 0 Å². The number of hydrogen-bond acceptors (Lipinski definition) is 2. The van der Waals surface area contributed by atoms with Crippen molar-refractivity contribution in [3.8, 4) is 16.9 Å². The molecule has 1 aromatic heterocycles. The van der Waals surface area contributed by atoms with Crippen LogP contribution in [0.4, 0.5) is 13.2 Å². The first-order valence-corrected chi connectivity index (χ1v) is 8.82. The quantitative estimate of drug-likeness (QED) is 0.481. The molecule has 1 heterocycles. The van der Waals surface area contributed by atoms with Gasteiger partial charge in [-0.25, -0.2) is 8.78 Å². The van der Waals surface area contributed by atoms with Crippen LogP contribution in [0.1, 0.15) is 17.4 Å². The third-order valence-electron chi connectivity index (χ3n) is 3.75. The summed E-state index contributed by atoms with van der Waals surface area (Å²) >= 11 is 6.75. The van der Waals surface area contributed by atoms with Crippen LogP contribution in [0.5, 0.6) is 5.75 Å². The molecule has 0 spiro atoms. The smallest absolute Gasteiger partial charge is 0.191 e. The maximum absolute atomic E-state index is 14.0. The van der Waals surface area contributed by atoms with Gasteiger partial charge in [0.2, 0.25) is 0 Å². The number of hydrogen-bond donors (Lipinski definition) is 0. The minimum absolute atomic E-state index is 0.133. The molecule has 0 aliphatic rings. The van der Waals surface area contributed by atoms with Crippen molar-refractivity contribution in [3.63, 3.8) is 0 Å². The van der Waals surface area contributed by atoms with E-state index < -0.39 is 22.5 Å². The van der Waals surface area contributed by atoms with Crippen LogP contribution < -0.4 is 4.74 Å². The van der Waals surface area contributed by atoms with Gasteiger partial charge in [0.1, 0.15) is 6.61 Å². The van der Waals surface area contributed by atoms with Crippen molar-refractivity contribution in [3.05, 3.63) is 74.7 Å². The average Bonchev–Trinajstić information content (AvgIpc) is 2.95. The molecule has 3 rings (SSSR count). The maximum atomic E-state index is 14.0. The molecule has 0 aliphatic heterocycles. The first kappa shape index (κ1) is 17.8. The summed E-state index contributed by atoms with van der Waals surface area (Å²) in [5.74, 6) is -1.98. The van der Waals surface area contributed by atoms with Crippen LogP contribution in [-0.2, 0) is 13.0 Å². The van der Waals surface area contributed by atoms with E-state index in [1.807, 2.05) is 6.92 Å². The Bertz CT molecular complexity index is 867. The largest absolute Gasteiger partial charge is 0.482 e. The van der Waals surface area contributed by atoms with Crippen molar-refractivity contribution in [1.82, 2.24) is 0 Å². The number of ether oxygens (including phenoxy) is 1. The minimum Gasteiger partial charge on any atom is -0.482 e. The van der Waals surface area contributed by atoms with E-state index in [4.69, 9.17) is 16.3 Å². The zero-order valence-corrected chi connectivity index (χ0v) is 14.9. The van der Waals surface area contributed by atoms with Gasteiger partial charge < -0.3 is 4.74 Å². The van der Waals surface area contributed by atoms with Crippen LogP contribution in [0.3, 0.4) is 0 Å². The Labute approximate surface area is 152 Å². The van der Waals surface area contributed by atoms with Crippen LogP contribution in [0.2, 0.25) is 5.02 Å². The van der Waals surface area contributed by atoms with Gasteiger partial charge in [-0.2, -0.15) is 4.39 Å². The lowest BCUT2D eigenvalue weighted by Crippen LogP contribution is -2.00. The number of benzene rings is 2. The van der Waals surface area contributed by atoms with E-state index in [-0.39, 0.29) is 6.61 Å². The lowest BCUT2D eigenvalue weighted by molar-refractivity contribution is 0.277. The standard InChI is InChI=1S/C19H14ClF3OS/c1-2-11-7-15(21)19(16(22)8-11)24-10-17-14(9-18(23)25-17)12-3-5-13(20)6-4-12/h3-9H,2,10H2,1H3. The number of rotatable bonds is 5. The summed E-state index contributed by atoms with van der Waals surface area (Å²) < 4.78 is 47.1. The molecule has 0 radical (unpaired) electrons. The Hall–Kier alpha value is -1.98. The highest BCUT2D eigenvalue weighted by Gasteiger charge is 2.16. The monoisotopic (exact) mass is 382 g/mol. The molecule has 0 saturated carbocycles. The SMILES string of the molecule is CCc1cc(F)c(OCc2sc(F)cc2-c2ccc(Cl)cc2)c(F)c1. The van der Waals surface area contributed by atoms with Crippen molar-refractivity contribution in [2.24, 2.45) is 0 Å². The molecule has 0 aliphatic carbocycles. The second-order valence-electron chi connectivity index (χ2n) is 5.43. The second-order valence-corrected chi connectivity index (χ2v) is 6.95. The Kier molecular flexibility index (Phi) is 5.35. The van der Waals surface area contributed by atoms with Crippen LogP contribution in [0.25, 0.3) is 11.1 Å². The zero-order chi connectivity index (χ0) is 18.0. The molecule has 0 amide bonds. The summed E-state index contributed by atoms with van der Waals surface area (Å²) in [5, 5.41) is 0.170. The number of thiophene rings is 1. The van der Waals surface area contributed by atoms with Gasteiger partial charge in [-0.05, 0) is 47.9 Å². The predicted molar refractivity (Wildman–Crippen MR) is 94.8 cm³/mol. The fraction of sp³-hybridized carbons (Fsp3) is 0.158. The number of halogens is 4. The predicted octanol–water partition coefficient (Wildman–Crippen LogP) is 6.63. The van der Waals surface area contributed by atoms with E-state index in [1.54, 1.807) is 24.3 Å². The van der Waals surface area contributed by atoms with E-state index in [9.17, 15) is 13.2 Å². The molecule has 0 fully saturated rings.